The average Bonchev–Trinajstić information content (AvgIpc) is 3.34. The van der Waals surface area contributed by atoms with Crippen molar-refractivity contribution in [2.24, 2.45) is 4.99 Å². The second-order valence-electron chi connectivity index (χ2n) is 5.74. The third-order valence-electron chi connectivity index (χ3n) is 3.71. The van der Waals surface area contributed by atoms with Gasteiger partial charge in [-0.05, 0) is 0 Å². The summed E-state index contributed by atoms with van der Waals surface area (Å²) >= 11 is 2.58. The largest absolute Gasteiger partial charge is 0.434 e. The number of guanidine groups is 1. The lowest BCUT2D eigenvalue weighted by molar-refractivity contribution is -0.140. The minimum atomic E-state index is -4.40. The molecule has 0 aliphatic carbocycles. The van der Waals surface area contributed by atoms with E-state index in [0.717, 1.165) is 33.0 Å². The van der Waals surface area contributed by atoms with E-state index in [1.54, 1.807) is 18.4 Å². The van der Waals surface area contributed by atoms with Crippen molar-refractivity contribution in [2.45, 2.75) is 19.1 Å². The fourth-order valence-corrected chi connectivity index (χ4v) is 3.97. The molecule has 0 atom stereocenters. The van der Waals surface area contributed by atoms with Gasteiger partial charge in [0.05, 0.1) is 17.2 Å². The maximum Gasteiger partial charge on any atom is 0.434 e. The molecule has 3 rings (SSSR count). The van der Waals surface area contributed by atoms with Crippen molar-refractivity contribution >= 4 is 52.6 Å². The molecule has 0 unspecified atom stereocenters. The Morgan fingerprint density at radius 3 is 2.48 bits per heavy atom. The van der Waals surface area contributed by atoms with Gasteiger partial charge in [0.2, 0.25) is 0 Å². The number of nitrogens with zero attached hydrogens (tertiary/aromatic N) is 3. The van der Waals surface area contributed by atoms with E-state index in [4.69, 9.17) is 0 Å². The van der Waals surface area contributed by atoms with Crippen molar-refractivity contribution in [1.29, 1.82) is 0 Å². The summed E-state index contributed by atoms with van der Waals surface area (Å²) in [6.07, 6.45) is -4.01. The molecule has 2 N–H and O–H groups in total. The highest BCUT2D eigenvalue weighted by Crippen LogP contribution is 2.30. The summed E-state index contributed by atoms with van der Waals surface area (Å²) < 4.78 is 37.7. The van der Waals surface area contributed by atoms with Gasteiger partial charge in [-0.2, -0.15) is 13.2 Å². The first-order valence-electron chi connectivity index (χ1n) is 8.41. The highest BCUT2D eigenvalue weighted by atomic mass is 127. The van der Waals surface area contributed by atoms with E-state index in [-0.39, 0.29) is 24.0 Å². The summed E-state index contributed by atoms with van der Waals surface area (Å²) in [5.41, 5.74) is 1.12. The average molecular weight is 553 g/mol. The summed E-state index contributed by atoms with van der Waals surface area (Å²) in [6, 6.07) is 9.94. The zero-order valence-electron chi connectivity index (χ0n) is 15.4. The minimum absolute atomic E-state index is 0. The van der Waals surface area contributed by atoms with Crippen LogP contribution in [0.1, 0.15) is 16.4 Å². The van der Waals surface area contributed by atoms with Gasteiger partial charge in [0.1, 0.15) is 5.01 Å². The molecule has 2 aromatic heterocycles. The lowest BCUT2D eigenvalue weighted by Crippen LogP contribution is -2.37. The molecule has 0 bridgehead atoms. The van der Waals surface area contributed by atoms with Crippen LogP contribution in [0.5, 0.6) is 0 Å². The lowest BCUT2D eigenvalue weighted by Gasteiger charge is -2.10. The van der Waals surface area contributed by atoms with Gasteiger partial charge in [0.15, 0.2) is 11.7 Å². The van der Waals surface area contributed by atoms with Crippen molar-refractivity contribution in [3.05, 3.63) is 57.5 Å². The number of thiazole rings is 2. The fourth-order valence-electron chi connectivity index (χ4n) is 2.34. The van der Waals surface area contributed by atoms with Gasteiger partial charge in [-0.3, -0.25) is 4.99 Å². The molecule has 0 saturated carbocycles. The molecule has 11 heteroatoms. The number of benzene rings is 1. The van der Waals surface area contributed by atoms with Crippen LogP contribution in [0.15, 0.2) is 46.1 Å². The zero-order chi connectivity index (χ0) is 20.0. The van der Waals surface area contributed by atoms with Gasteiger partial charge in [-0.25, -0.2) is 9.97 Å². The molecule has 5 nitrogen and oxygen atoms in total. The van der Waals surface area contributed by atoms with Gasteiger partial charge in [0, 0.05) is 36.3 Å². The van der Waals surface area contributed by atoms with Crippen LogP contribution in [-0.2, 0) is 19.1 Å². The van der Waals surface area contributed by atoms with E-state index < -0.39 is 11.9 Å². The Balaban J connectivity index is 0.00000300. The first kappa shape index (κ1) is 23.5. The SMILES string of the molecule is CN=C(NCCc1nc(C(F)(F)F)cs1)NCc1csc(-c2ccccc2)n1.I. The Bertz CT molecular complexity index is 925. The highest BCUT2D eigenvalue weighted by Gasteiger charge is 2.33. The number of halogens is 4. The molecule has 0 saturated heterocycles. The number of alkyl halides is 3. The maximum atomic E-state index is 12.6. The van der Waals surface area contributed by atoms with Crippen molar-refractivity contribution in [2.75, 3.05) is 13.6 Å². The minimum Gasteiger partial charge on any atom is -0.356 e. The Labute approximate surface area is 191 Å². The van der Waals surface area contributed by atoms with Crippen LogP contribution in [-0.4, -0.2) is 29.5 Å². The molecule has 156 valence electrons. The van der Waals surface area contributed by atoms with Crippen molar-refractivity contribution in [1.82, 2.24) is 20.6 Å². The molecule has 3 aromatic rings. The van der Waals surface area contributed by atoms with Crippen LogP contribution < -0.4 is 10.6 Å². The molecule has 0 aliphatic rings. The number of hydrogen-bond donors (Lipinski definition) is 2. The predicted molar refractivity (Wildman–Crippen MR) is 122 cm³/mol. The summed E-state index contributed by atoms with van der Waals surface area (Å²) in [7, 11) is 1.64. The molecule has 0 spiro atoms. The first-order valence-corrected chi connectivity index (χ1v) is 10.2. The molecule has 0 fully saturated rings. The summed E-state index contributed by atoms with van der Waals surface area (Å²) in [6.45, 7) is 0.926. The van der Waals surface area contributed by atoms with Gasteiger partial charge < -0.3 is 10.6 Å². The summed E-state index contributed by atoms with van der Waals surface area (Å²) in [4.78, 5) is 12.3. The normalized spacial score (nSPS) is 11.8. The van der Waals surface area contributed by atoms with E-state index in [1.807, 2.05) is 35.7 Å². The number of rotatable bonds is 6. The molecular formula is C18H19F3IN5S2. The van der Waals surface area contributed by atoms with Crippen LogP contribution in [0.4, 0.5) is 13.2 Å². The quantitative estimate of drug-likeness (QED) is 0.262. The number of aromatic nitrogens is 2. The third-order valence-corrected chi connectivity index (χ3v) is 5.56. The Morgan fingerprint density at radius 1 is 1.07 bits per heavy atom. The van der Waals surface area contributed by atoms with Crippen LogP contribution in [0.3, 0.4) is 0 Å². The molecule has 0 amide bonds. The van der Waals surface area contributed by atoms with Gasteiger partial charge in [-0.15, -0.1) is 46.7 Å². The molecule has 0 aliphatic heterocycles. The number of nitrogens with one attached hydrogen (secondary N) is 2. The lowest BCUT2D eigenvalue weighted by atomic mass is 10.2. The smallest absolute Gasteiger partial charge is 0.356 e. The Kier molecular flexibility index (Phi) is 8.83. The van der Waals surface area contributed by atoms with Crippen LogP contribution in [0.2, 0.25) is 0 Å². The van der Waals surface area contributed by atoms with E-state index in [0.29, 0.717) is 30.5 Å². The van der Waals surface area contributed by atoms with E-state index in [2.05, 4.69) is 25.6 Å². The van der Waals surface area contributed by atoms with E-state index in [1.165, 1.54) is 0 Å². The second kappa shape index (κ2) is 10.9. The first-order chi connectivity index (χ1) is 13.5. The Morgan fingerprint density at radius 2 is 1.83 bits per heavy atom. The van der Waals surface area contributed by atoms with Crippen molar-refractivity contribution < 1.29 is 13.2 Å². The predicted octanol–water partition coefficient (Wildman–Crippen LogP) is 4.81. The molecule has 0 radical (unpaired) electrons. The molecule has 1 aromatic carbocycles. The van der Waals surface area contributed by atoms with Gasteiger partial charge >= 0.3 is 6.18 Å². The monoisotopic (exact) mass is 553 g/mol. The highest BCUT2D eigenvalue weighted by molar-refractivity contribution is 14.0. The van der Waals surface area contributed by atoms with Gasteiger partial charge in [0.25, 0.3) is 0 Å². The van der Waals surface area contributed by atoms with Gasteiger partial charge in [-0.1, -0.05) is 30.3 Å². The standard InChI is InChI=1S/C18H18F3N5S2.HI/c1-22-17(23-8-7-15-26-14(11-27-15)18(19,20)21)24-9-13-10-28-16(25-13)12-5-3-2-4-6-12;/h2-6,10-11H,7-9H2,1H3,(H2,22,23,24);1H. The Hall–Kier alpha value is -1.73. The van der Waals surface area contributed by atoms with E-state index >= 15 is 0 Å². The second-order valence-corrected chi connectivity index (χ2v) is 7.54. The summed E-state index contributed by atoms with van der Waals surface area (Å²) in [5, 5.41) is 10.6. The fraction of sp³-hybridized carbons (Fsp3) is 0.278. The topological polar surface area (TPSA) is 62.2 Å². The van der Waals surface area contributed by atoms with Crippen LogP contribution in [0, 0.1) is 0 Å². The maximum absolute atomic E-state index is 12.6. The molecular weight excluding hydrogens is 534 g/mol. The third kappa shape index (κ3) is 6.93. The van der Waals surface area contributed by atoms with Crippen molar-refractivity contribution in [3.63, 3.8) is 0 Å². The molecule has 2 heterocycles. The van der Waals surface area contributed by atoms with Crippen LogP contribution in [0.25, 0.3) is 10.6 Å². The van der Waals surface area contributed by atoms with Crippen molar-refractivity contribution in [3.8, 4) is 10.6 Å². The zero-order valence-corrected chi connectivity index (χ0v) is 19.3. The van der Waals surface area contributed by atoms with Crippen LogP contribution >= 0.6 is 46.7 Å². The van der Waals surface area contributed by atoms with E-state index in [9.17, 15) is 13.2 Å². The number of hydrogen-bond acceptors (Lipinski definition) is 5. The molecule has 29 heavy (non-hydrogen) atoms. The number of aliphatic imine (C=N–C) groups is 1. The summed E-state index contributed by atoms with van der Waals surface area (Å²) in [5.74, 6) is 0.557.